The van der Waals surface area contributed by atoms with Crippen LogP contribution in [0.2, 0.25) is 0 Å². The molecule has 0 aliphatic carbocycles. The molecule has 0 saturated heterocycles. The Morgan fingerprint density at radius 3 is 2.04 bits per heavy atom. The molecule has 0 spiro atoms. The van der Waals surface area contributed by atoms with Crippen LogP contribution in [0.5, 0.6) is 0 Å². The molecular formula is C22H28N2. The second-order valence-electron chi connectivity index (χ2n) is 6.27. The minimum Gasteiger partial charge on any atom is -0.154 e. The van der Waals surface area contributed by atoms with Gasteiger partial charge in [0.1, 0.15) is 5.69 Å². The van der Waals surface area contributed by atoms with Crippen molar-refractivity contribution in [3.05, 3.63) is 58.9 Å². The van der Waals surface area contributed by atoms with E-state index < -0.39 is 0 Å². The minimum atomic E-state index is 0.737. The molecule has 1 heterocycles. The van der Waals surface area contributed by atoms with Crippen LogP contribution < -0.4 is 0 Å². The minimum absolute atomic E-state index is 0.737. The third-order valence-corrected chi connectivity index (χ3v) is 4.11. The third kappa shape index (κ3) is 6.54. The Hall–Kier alpha value is -2.14. The molecule has 0 radical (unpaired) electrons. The van der Waals surface area contributed by atoms with Gasteiger partial charge < -0.3 is 0 Å². The molecule has 0 bridgehead atoms. The van der Waals surface area contributed by atoms with Crippen molar-refractivity contribution in [2.75, 3.05) is 0 Å². The fourth-order valence-corrected chi connectivity index (χ4v) is 2.59. The molecule has 1 aromatic heterocycles. The van der Waals surface area contributed by atoms with Gasteiger partial charge in [0.2, 0.25) is 0 Å². The van der Waals surface area contributed by atoms with Gasteiger partial charge in [-0.1, -0.05) is 57.6 Å². The Kier molecular flexibility index (Phi) is 8.04. The first-order valence-electron chi connectivity index (χ1n) is 9.25. The van der Waals surface area contributed by atoms with Gasteiger partial charge in [-0.2, -0.15) is 5.10 Å². The summed E-state index contributed by atoms with van der Waals surface area (Å²) in [5.74, 6) is 6.28. The smallest absolute Gasteiger partial charge is 0.136 e. The van der Waals surface area contributed by atoms with Crippen LogP contribution in [0, 0.1) is 11.8 Å². The topological polar surface area (TPSA) is 25.8 Å². The zero-order chi connectivity index (χ0) is 17.0. The first-order valence-corrected chi connectivity index (χ1v) is 9.25. The second-order valence-corrected chi connectivity index (χ2v) is 6.27. The molecule has 2 aromatic rings. The Bertz CT molecular complexity index is 588. The number of hydrogen-bond acceptors (Lipinski definition) is 2. The highest BCUT2D eigenvalue weighted by molar-refractivity contribution is 5.40. The molecule has 2 rings (SSSR count). The van der Waals surface area contributed by atoms with Gasteiger partial charge in [0.15, 0.2) is 0 Å². The quantitative estimate of drug-likeness (QED) is 0.484. The molecule has 0 unspecified atom stereocenters. The molecule has 0 saturated carbocycles. The number of rotatable bonds is 8. The number of aryl methyl sites for hydroxylation is 2. The van der Waals surface area contributed by atoms with Gasteiger partial charge in [0.05, 0.1) is 5.69 Å². The van der Waals surface area contributed by atoms with Crippen LogP contribution in [0.25, 0.3) is 0 Å². The van der Waals surface area contributed by atoms with E-state index in [4.69, 9.17) is 0 Å². The highest BCUT2D eigenvalue weighted by Crippen LogP contribution is 2.08. The number of aromatic nitrogens is 2. The van der Waals surface area contributed by atoms with Crippen LogP contribution in [-0.2, 0) is 12.8 Å². The van der Waals surface area contributed by atoms with Crippen molar-refractivity contribution in [3.8, 4) is 11.8 Å². The van der Waals surface area contributed by atoms with Crippen molar-refractivity contribution >= 4 is 0 Å². The highest BCUT2D eigenvalue weighted by atomic mass is 15.1. The number of benzene rings is 1. The summed E-state index contributed by atoms with van der Waals surface area (Å²) in [5.41, 5.74) is 4.22. The van der Waals surface area contributed by atoms with Crippen molar-refractivity contribution in [1.82, 2.24) is 10.2 Å². The molecule has 0 amide bonds. The predicted molar refractivity (Wildman–Crippen MR) is 101 cm³/mol. The molecule has 2 heteroatoms. The Balaban J connectivity index is 1.89. The van der Waals surface area contributed by atoms with Gasteiger partial charge >= 0.3 is 0 Å². The van der Waals surface area contributed by atoms with E-state index >= 15 is 0 Å². The molecule has 0 atom stereocenters. The van der Waals surface area contributed by atoms with Crippen LogP contribution in [-0.4, -0.2) is 10.2 Å². The summed E-state index contributed by atoms with van der Waals surface area (Å²) in [5, 5.41) is 8.48. The van der Waals surface area contributed by atoms with Gasteiger partial charge in [-0.3, -0.25) is 0 Å². The lowest BCUT2D eigenvalue weighted by atomic mass is 10.1. The summed E-state index contributed by atoms with van der Waals surface area (Å²) in [4.78, 5) is 0. The van der Waals surface area contributed by atoms with E-state index in [0.717, 1.165) is 29.8 Å². The lowest BCUT2D eigenvalue weighted by Gasteiger charge is -2.00. The molecule has 126 valence electrons. The van der Waals surface area contributed by atoms with Crippen molar-refractivity contribution in [3.63, 3.8) is 0 Å². The molecule has 0 fully saturated rings. The highest BCUT2D eigenvalue weighted by Gasteiger charge is 1.97. The third-order valence-electron chi connectivity index (χ3n) is 4.11. The Labute approximate surface area is 146 Å². The van der Waals surface area contributed by atoms with Crippen molar-refractivity contribution in [2.24, 2.45) is 0 Å². The normalized spacial score (nSPS) is 10.2. The maximum absolute atomic E-state index is 4.27. The molecule has 0 N–H and O–H groups in total. The monoisotopic (exact) mass is 320 g/mol. The maximum atomic E-state index is 4.27. The Morgan fingerprint density at radius 2 is 1.42 bits per heavy atom. The lowest BCUT2D eigenvalue weighted by molar-refractivity contribution is 0.698. The lowest BCUT2D eigenvalue weighted by Crippen LogP contribution is -1.95. The molecule has 24 heavy (non-hydrogen) atoms. The zero-order valence-corrected chi connectivity index (χ0v) is 15.0. The van der Waals surface area contributed by atoms with Gasteiger partial charge in [0, 0.05) is 5.56 Å². The van der Waals surface area contributed by atoms with E-state index in [2.05, 4.69) is 60.2 Å². The Morgan fingerprint density at radius 1 is 0.708 bits per heavy atom. The van der Waals surface area contributed by atoms with Crippen LogP contribution in [0.1, 0.15) is 74.9 Å². The number of nitrogens with zero attached hydrogens (tertiary/aromatic N) is 2. The molecule has 1 aromatic carbocycles. The maximum Gasteiger partial charge on any atom is 0.136 e. The van der Waals surface area contributed by atoms with Crippen molar-refractivity contribution in [2.45, 2.75) is 65.2 Å². The SMILES string of the molecule is CCCCCc1ccc(C#Cc2ccc(CCCCC)nn2)cc1. The summed E-state index contributed by atoms with van der Waals surface area (Å²) >= 11 is 0. The van der Waals surface area contributed by atoms with Crippen molar-refractivity contribution < 1.29 is 0 Å². The van der Waals surface area contributed by atoms with E-state index in [9.17, 15) is 0 Å². The molecular weight excluding hydrogens is 292 g/mol. The molecule has 2 nitrogen and oxygen atoms in total. The van der Waals surface area contributed by atoms with Gasteiger partial charge in [-0.05, 0) is 61.4 Å². The van der Waals surface area contributed by atoms with Gasteiger partial charge in [0.25, 0.3) is 0 Å². The number of unbranched alkanes of at least 4 members (excludes halogenated alkanes) is 4. The van der Waals surface area contributed by atoms with Crippen LogP contribution in [0.15, 0.2) is 36.4 Å². The fourth-order valence-electron chi connectivity index (χ4n) is 2.59. The summed E-state index contributed by atoms with van der Waals surface area (Å²) in [6.45, 7) is 4.45. The van der Waals surface area contributed by atoms with E-state index in [1.54, 1.807) is 0 Å². The molecule has 0 aliphatic rings. The summed E-state index contributed by atoms with van der Waals surface area (Å²) < 4.78 is 0. The van der Waals surface area contributed by atoms with Gasteiger partial charge in [-0.25, -0.2) is 0 Å². The molecule has 0 aliphatic heterocycles. The van der Waals surface area contributed by atoms with Crippen LogP contribution in [0.4, 0.5) is 0 Å². The second kappa shape index (κ2) is 10.6. The fraction of sp³-hybridized carbons (Fsp3) is 0.455. The van der Waals surface area contributed by atoms with Crippen LogP contribution >= 0.6 is 0 Å². The summed E-state index contributed by atoms with van der Waals surface area (Å²) in [6.07, 6.45) is 9.66. The summed E-state index contributed by atoms with van der Waals surface area (Å²) in [6, 6.07) is 12.6. The van der Waals surface area contributed by atoms with E-state index in [0.29, 0.717) is 0 Å². The first-order chi connectivity index (χ1) is 11.8. The summed E-state index contributed by atoms with van der Waals surface area (Å²) in [7, 11) is 0. The van der Waals surface area contributed by atoms with E-state index in [1.165, 1.54) is 44.1 Å². The first kappa shape index (κ1) is 18.2. The van der Waals surface area contributed by atoms with Crippen LogP contribution in [0.3, 0.4) is 0 Å². The number of hydrogen-bond donors (Lipinski definition) is 0. The van der Waals surface area contributed by atoms with Gasteiger partial charge in [-0.15, -0.1) is 5.10 Å². The van der Waals surface area contributed by atoms with E-state index in [-0.39, 0.29) is 0 Å². The standard InChI is InChI=1S/C22H28N2/c1-3-5-7-9-19-11-13-20(14-12-19)15-16-22-18-17-21(23-24-22)10-8-6-4-2/h11-14,17-18H,3-10H2,1-2H3. The average Bonchev–Trinajstić information content (AvgIpc) is 2.63. The van der Waals surface area contributed by atoms with E-state index in [1.807, 2.05) is 12.1 Å². The zero-order valence-electron chi connectivity index (χ0n) is 15.0. The largest absolute Gasteiger partial charge is 0.154 e. The van der Waals surface area contributed by atoms with Crippen molar-refractivity contribution in [1.29, 1.82) is 0 Å². The average molecular weight is 320 g/mol. The predicted octanol–water partition coefficient (Wildman–Crippen LogP) is 5.34.